The third kappa shape index (κ3) is 4.00. The minimum absolute atomic E-state index is 0.269. The van der Waals surface area contributed by atoms with Gasteiger partial charge in [0.05, 0.1) is 23.9 Å². The summed E-state index contributed by atoms with van der Waals surface area (Å²) in [5.74, 6) is -1.32. The highest BCUT2D eigenvalue weighted by atomic mass is 32.2. The number of nitrogens with one attached hydrogen (secondary N) is 1. The first kappa shape index (κ1) is 18.5. The van der Waals surface area contributed by atoms with E-state index in [1.807, 2.05) is 4.72 Å². The van der Waals surface area contributed by atoms with E-state index in [0.717, 1.165) is 23.0 Å². The number of aromatic nitrogens is 3. The number of anilines is 1. The van der Waals surface area contributed by atoms with Gasteiger partial charge >= 0.3 is 5.69 Å². The normalized spacial score (nSPS) is 11.6. The van der Waals surface area contributed by atoms with Crippen LogP contribution in [0.1, 0.15) is 11.4 Å². The van der Waals surface area contributed by atoms with Crippen LogP contribution in [0.4, 0.5) is 18.9 Å². The molecule has 0 saturated heterocycles. The number of alkyl halides is 2. The van der Waals surface area contributed by atoms with Crippen molar-refractivity contribution in [2.45, 2.75) is 12.8 Å². The van der Waals surface area contributed by atoms with Crippen molar-refractivity contribution >= 4 is 15.7 Å². The lowest BCUT2D eigenvalue weighted by Gasteiger charge is -2.09. The van der Waals surface area contributed by atoms with E-state index in [1.54, 1.807) is 6.07 Å². The molecule has 1 aromatic carbocycles. The second kappa shape index (κ2) is 6.60. The fourth-order valence-electron chi connectivity index (χ4n) is 2.05. The quantitative estimate of drug-likeness (QED) is 0.830. The summed E-state index contributed by atoms with van der Waals surface area (Å²) in [7, 11) is -2.59. The Bertz CT molecular complexity index is 1020. The molecule has 0 fully saturated rings. The van der Waals surface area contributed by atoms with Crippen molar-refractivity contribution < 1.29 is 21.6 Å². The van der Waals surface area contributed by atoms with Crippen LogP contribution in [0.2, 0.25) is 0 Å². The lowest BCUT2D eigenvalue weighted by molar-refractivity contribution is 0.145. The van der Waals surface area contributed by atoms with E-state index >= 15 is 0 Å². The number of rotatable bonds is 5. The number of nitrogens with zero attached hydrogens (tertiary/aromatic N) is 4. The van der Waals surface area contributed by atoms with Crippen molar-refractivity contribution in [3.05, 3.63) is 39.8 Å². The average molecular weight is 375 g/mol. The molecule has 0 atom stereocenters. The Hall–Kier alpha value is -2.81. The molecule has 12 heteroatoms. The van der Waals surface area contributed by atoms with Crippen LogP contribution < -0.4 is 10.4 Å². The third-order valence-corrected chi connectivity index (χ3v) is 3.73. The van der Waals surface area contributed by atoms with Gasteiger partial charge in [-0.25, -0.2) is 26.4 Å². The summed E-state index contributed by atoms with van der Waals surface area (Å²) in [5, 5.41) is 12.6. The predicted molar refractivity (Wildman–Crippen MR) is 81.7 cm³/mol. The van der Waals surface area contributed by atoms with Crippen molar-refractivity contribution in [1.29, 1.82) is 5.26 Å². The van der Waals surface area contributed by atoms with E-state index in [0.29, 0.717) is 4.68 Å². The summed E-state index contributed by atoms with van der Waals surface area (Å²) in [4.78, 5) is 12.1. The van der Waals surface area contributed by atoms with E-state index in [2.05, 4.69) is 5.10 Å². The molecule has 2 aromatic rings. The van der Waals surface area contributed by atoms with Crippen LogP contribution in [0, 0.1) is 17.1 Å². The van der Waals surface area contributed by atoms with Crippen molar-refractivity contribution in [2.75, 3.05) is 11.0 Å². The van der Waals surface area contributed by atoms with Crippen molar-refractivity contribution in [1.82, 2.24) is 14.3 Å². The average Bonchev–Trinajstić information content (AvgIpc) is 2.75. The summed E-state index contributed by atoms with van der Waals surface area (Å²) >= 11 is 0. The van der Waals surface area contributed by atoms with Gasteiger partial charge in [-0.3, -0.25) is 9.29 Å². The number of halogens is 3. The zero-order valence-electron chi connectivity index (χ0n) is 13.0. The summed E-state index contributed by atoms with van der Waals surface area (Å²) in [6.45, 7) is 0. The first-order chi connectivity index (χ1) is 11.5. The molecule has 0 saturated carbocycles. The maximum Gasteiger partial charge on any atom is 0.350 e. The fraction of sp³-hybridized carbons (Fsp3) is 0.308. The summed E-state index contributed by atoms with van der Waals surface area (Å²) < 4.78 is 65.4. The summed E-state index contributed by atoms with van der Waals surface area (Å²) in [5.41, 5.74) is -1.96. The number of hydrogen-bond donors (Lipinski definition) is 1. The number of sulfonamides is 1. The molecule has 2 rings (SSSR count). The molecular weight excluding hydrogens is 363 g/mol. The van der Waals surface area contributed by atoms with Crippen LogP contribution in [0.3, 0.4) is 0 Å². The van der Waals surface area contributed by atoms with Gasteiger partial charge in [0, 0.05) is 7.05 Å². The van der Waals surface area contributed by atoms with Gasteiger partial charge < -0.3 is 0 Å². The molecule has 0 aliphatic heterocycles. The predicted octanol–water partition coefficient (Wildman–Crippen LogP) is 0.761. The minimum Gasteiger partial charge on any atom is -0.282 e. The first-order valence-electron chi connectivity index (χ1n) is 6.68. The standard InChI is InChI=1S/C13H12F3N5O3S/c1-20-12(5-11(15)16)18-21(13(20)22)10-4-9(19-25(2,23)24)7(6-17)3-8(10)14/h3-4,11,19H,5H2,1-2H3. The molecule has 1 aromatic heterocycles. The lowest BCUT2D eigenvalue weighted by atomic mass is 10.1. The van der Waals surface area contributed by atoms with Gasteiger partial charge in [-0.05, 0) is 12.1 Å². The highest BCUT2D eigenvalue weighted by Crippen LogP contribution is 2.23. The van der Waals surface area contributed by atoms with Crippen molar-refractivity contribution in [2.24, 2.45) is 7.05 Å². The Labute approximate surface area is 140 Å². The molecule has 1 N–H and O–H groups in total. The highest BCUT2D eigenvalue weighted by Gasteiger charge is 2.20. The van der Waals surface area contributed by atoms with Crippen LogP contribution in [-0.2, 0) is 23.5 Å². The van der Waals surface area contributed by atoms with E-state index in [-0.39, 0.29) is 17.1 Å². The third-order valence-electron chi connectivity index (χ3n) is 3.14. The molecule has 0 amide bonds. The van der Waals surface area contributed by atoms with Crippen molar-refractivity contribution in [3.63, 3.8) is 0 Å². The first-order valence-corrected chi connectivity index (χ1v) is 8.57. The molecule has 0 spiro atoms. The Morgan fingerprint density at radius 2 is 2.04 bits per heavy atom. The van der Waals surface area contributed by atoms with Gasteiger partial charge in [0.25, 0.3) is 0 Å². The monoisotopic (exact) mass is 375 g/mol. The summed E-state index contributed by atoms with van der Waals surface area (Å²) in [6, 6.07) is 3.23. The largest absolute Gasteiger partial charge is 0.350 e. The fourth-order valence-corrected chi connectivity index (χ4v) is 2.62. The van der Waals surface area contributed by atoms with Gasteiger partial charge in [-0.15, -0.1) is 5.10 Å². The van der Waals surface area contributed by atoms with E-state index in [9.17, 15) is 26.4 Å². The van der Waals surface area contributed by atoms with Crippen LogP contribution in [0.5, 0.6) is 0 Å². The number of nitriles is 1. The van der Waals surface area contributed by atoms with Gasteiger partial charge in [0.2, 0.25) is 16.4 Å². The Kier molecular flexibility index (Phi) is 4.89. The maximum absolute atomic E-state index is 14.2. The second-order valence-electron chi connectivity index (χ2n) is 5.10. The number of hydrogen-bond acceptors (Lipinski definition) is 5. The maximum atomic E-state index is 14.2. The Morgan fingerprint density at radius 1 is 1.40 bits per heavy atom. The molecule has 0 unspecified atom stereocenters. The van der Waals surface area contributed by atoms with E-state index < -0.39 is 40.1 Å². The molecule has 0 bridgehead atoms. The lowest BCUT2D eigenvalue weighted by Crippen LogP contribution is -2.23. The molecule has 8 nitrogen and oxygen atoms in total. The molecular formula is C13H12F3N5O3S. The summed E-state index contributed by atoms with van der Waals surface area (Å²) in [6.07, 6.45) is -2.75. The molecule has 0 aliphatic rings. The Morgan fingerprint density at radius 3 is 2.56 bits per heavy atom. The van der Waals surface area contributed by atoms with Gasteiger partial charge in [0.15, 0.2) is 5.82 Å². The zero-order chi connectivity index (χ0) is 18.9. The highest BCUT2D eigenvalue weighted by molar-refractivity contribution is 7.92. The van der Waals surface area contributed by atoms with Gasteiger partial charge in [-0.1, -0.05) is 0 Å². The molecule has 134 valence electrons. The van der Waals surface area contributed by atoms with Gasteiger partial charge in [-0.2, -0.15) is 9.94 Å². The van der Waals surface area contributed by atoms with Crippen LogP contribution in [-0.4, -0.2) is 35.4 Å². The van der Waals surface area contributed by atoms with E-state index in [4.69, 9.17) is 5.26 Å². The van der Waals surface area contributed by atoms with E-state index in [1.165, 1.54) is 7.05 Å². The van der Waals surface area contributed by atoms with Crippen LogP contribution in [0.15, 0.2) is 16.9 Å². The molecule has 0 radical (unpaired) electrons. The van der Waals surface area contributed by atoms with Crippen LogP contribution >= 0.6 is 0 Å². The Balaban J connectivity index is 2.66. The minimum atomic E-state index is -3.79. The SMILES string of the molecule is Cn1c(CC(F)F)nn(-c2cc(NS(C)(=O)=O)c(C#N)cc2F)c1=O. The number of benzene rings is 1. The molecule has 25 heavy (non-hydrogen) atoms. The van der Waals surface area contributed by atoms with Gasteiger partial charge in [0.1, 0.15) is 17.6 Å². The zero-order valence-corrected chi connectivity index (χ0v) is 13.8. The molecule has 0 aliphatic carbocycles. The second-order valence-corrected chi connectivity index (χ2v) is 6.85. The smallest absolute Gasteiger partial charge is 0.282 e. The van der Waals surface area contributed by atoms with Crippen LogP contribution in [0.25, 0.3) is 5.69 Å². The topological polar surface area (TPSA) is 110 Å². The molecule has 1 heterocycles. The van der Waals surface area contributed by atoms with Crippen molar-refractivity contribution in [3.8, 4) is 11.8 Å².